The summed E-state index contributed by atoms with van der Waals surface area (Å²) >= 11 is 0. The zero-order valence-electron chi connectivity index (χ0n) is 12.7. The first-order chi connectivity index (χ1) is 10.9. The number of nitrogens with one attached hydrogen (secondary N) is 1. The van der Waals surface area contributed by atoms with Gasteiger partial charge in [-0.05, 0) is 30.5 Å². The van der Waals surface area contributed by atoms with E-state index in [9.17, 15) is 18.0 Å². The second-order valence-corrected chi connectivity index (χ2v) is 7.51. The summed E-state index contributed by atoms with van der Waals surface area (Å²) in [7, 11) is -3.16. The maximum absolute atomic E-state index is 11.7. The normalized spacial score (nSPS) is 17.0. The minimum atomic E-state index is -3.16. The number of carboxylic acids is 1. The van der Waals surface area contributed by atoms with E-state index in [0.29, 0.717) is 25.9 Å². The number of carboxylic acid groups (broad SMARTS) is 1. The molecule has 7 nitrogen and oxygen atoms in total. The molecule has 0 bridgehead atoms. The van der Waals surface area contributed by atoms with Gasteiger partial charge >= 0.3 is 5.97 Å². The number of amides is 1. The molecule has 1 fully saturated rings. The highest BCUT2D eigenvalue weighted by Gasteiger charge is 2.27. The van der Waals surface area contributed by atoms with Crippen LogP contribution in [0.2, 0.25) is 0 Å². The van der Waals surface area contributed by atoms with E-state index >= 15 is 0 Å². The fourth-order valence-corrected chi connectivity index (χ4v) is 3.99. The molecule has 1 amide bonds. The van der Waals surface area contributed by atoms with Crippen molar-refractivity contribution in [3.8, 4) is 0 Å². The standard InChI is InChI=1S/C15H20N2O5S/c18-14(6-9-17-8-2-10-23(17,21)22)16-7-5-12-3-1-4-13(11-12)15(19)20/h1,3-4,11H,2,5-10H2,(H,16,18)(H,19,20). The summed E-state index contributed by atoms with van der Waals surface area (Å²) in [6, 6.07) is 6.56. The molecule has 0 saturated carbocycles. The first-order valence-corrected chi connectivity index (χ1v) is 9.06. The predicted molar refractivity (Wildman–Crippen MR) is 84.7 cm³/mol. The van der Waals surface area contributed by atoms with Crippen LogP contribution in [0.25, 0.3) is 0 Å². The van der Waals surface area contributed by atoms with Crippen molar-refractivity contribution < 1.29 is 23.1 Å². The Hall–Kier alpha value is -1.93. The minimum Gasteiger partial charge on any atom is -0.478 e. The molecule has 0 aliphatic carbocycles. The Morgan fingerprint density at radius 2 is 2.09 bits per heavy atom. The molecule has 2 rings (SSSR count). The van der Waals surface area contributed by atoms with Crippen LogP contribution < -0.4 is 5.32 Å². The van der Waals surface area contributed by atoms with Crippen LogP contribution in [-0.2, 0) is 21.2 Å². The van der Waals surface area contributed by atoms with Crippen molar-refractivity contribution in [1.82, 2.24) is 9.62 Å². The van der Waals surface area contributed by atoms with Crippen molar-refractivity contribution in [1.29, 1.82) is 0 Å². The van der Waals surface area contributed by atoms with Gasteiger partial charge in [0.05, 0.1) is 11.3 Å². The molecular formula is C15H20N2O5S. The van der Waals surface area contributed by atoms with E-state index in [0.717, 1.165) is 5.56 Å². The molecule has 0 aromatic heterocycles. The van der Waals surface area contributed by atoms with Crippen molar-refractivity contribution in [3.05, 3.63) is 35.4 Å². The third-order valence-electron chi connectivity index (χ3n) is 3.70. The van der Waals surface area contributed by atoms with Gasteiger partial charge in [-0.15, -0.1) is 0 Å². The smallest absolute Gasteiger partial charge is 0.335 e. The van der Waals surface area contributed by atoms with Gasteiger partial charge in [0.2, 0.25) is 15.9 Å². The number of rotatable bonds is 7. The van der Waals surface area contributed by atoms with E-state index < -0.39 is 16.0 Å². The fraction of sp³-hybridized carbons (Fsp3) is 0.467. The average Bonchev–Trinajstić information content (AvgIpc) is 2.84. The topological polar surface area (TPSA) is 104 Å². The fourth-order valence-electron chi connectivity index (χ4n) is 2.46. The maximum Gasteiger partial charge on any atom is 0.335 e. The molecule has 1 aliphatic rings. The quantitative estimate of drug-likeness (QED) is 0.751. The molecule has 1 aromatic rings. The molecular weight excluding hydrogens is 320 g/mol. The van der Waals surface area contributed by atoms with E-state index in [1.54, 1.807) is 18.2 Å². The monoisotopic (exact) mass is 340 g/mol. The lowest BCUT2D eigenvalue weighted by atomic mass is 10.1. The number of carbonyl (C=O) groups excluding carboxylic acids is 1. The lowest BCUT2D eigenvalue weighted by Gasteiger charge is -2.13. The lowest BCUT2D eigenvalue weighted by molar-refractivity contribution is -0.121. The van der Waals surface area contributed by atoms with Crippen LogP contribution in [0.1, 0.15) is 28.8 Å². The van der Waals surface area contributed by atoms with E-state index in [-0.39, 0.29) is 30.2 Å². The molecule has 8 heteroatoms. The largest absolute Gasteiger partial charge is 0.478 e. The molecule has 126 valence electrons. The highest BCUT2D eigenvalue weighted by atomic mass is 32.2. The van der Waals surface area contributed by atoms with Crippen LogP contribution in [0, 0.1) is 0 Å². The molecule has 23 heavy (non-hydrogen) atoms. The Labute approximate surface area is 135 Å². The SMILES string of the molecule is O=C(CCN1CCCS1(=O)=O)NCCc1cccc(C(=O)O)c1. The van der Waals surface area contributed by atoms with Crippen LogP contribution in [0.15, 0.2) is 24.3 Å². The Bertz CT molecular complexity index is 687. The number of hydrogen-bond acceptors (Lipinski definition) is 4. The van der Waals surface area contributed by atoms with Crippen molar-refractivity contribution in [3.63, 3.8) is 0 Å². The summed E-state index contributed by atoms with van der Waals surface area (Å²) in [6.45, 7) is 1.08. The van der Waals surface area contributed by atoms with Gasteiger partial charge < -0.3 is 10.4 Å². The first-order valence-electron chi connectivity index (χ1n) is 7.45. The second-order valence-electron chi connectivity index (χ2n) is 5.42. The number of nitrogens with zero attached hydrogens (tertiary/aromatic N) is 1. The molecule has 1 heterocycles. The van der Waals surface area contributed by atoms with Gasteiger partial charge in [-0.3, -0.25) is 4.79 Å². The van der Waals surface area contributed by atoms with Gasteiger partial charge in [0.15, 0.2) is 0 Å². The first kappa shape index (κ1) is 17.4. The molecule has 2 N–H and O–H groups in total. The Kier molecular flexibility index (Phi) is 5.73. The van der Waals surface area contributed by atoms with Gasteiger partial charge in [0.25, 0.3) is 0 Å². The summed E-state index contributed by atoms with van der Waals surface area (Å²) in [6.07, 6.45) is 1.27. The van der Waals surface area contributed by atoms with Crippen molar-refractivity contribution in [2.24, 2.45) is 0 Å². The van der Waals surface area contributed by atoms with Crippen LogP contribution in [0.4, 0.5) is 0 Å². The Balaban J connectivity index is 1.73. The van der Waals surface area contributed by atoms with Crippen LogP contribution in [0.3, 0.4) is 0 Å². The molecule has 1 aromatic carbocycles. The predicted octanol–water partition coefficient (Wildman–Crippen LogP) is 0.469. The van der Waals surface area contributed by atoms with Crippen molar-refractivity contribution in [2.75, 3.05) is 25.4 Å². The lowest BCUT2D eigenvalue weighted by Crippen LogP contribution is -2.32. The summed E-state index contributed by atoms with van der Waals surface area (Å²) in [5.41, 5.74) is 1.04. The number of sulfonamides is 1. The van der Waals surface area contributed by atoms with Gasteiger partial charge in [-0.25, -0.2) is 17.5 Å². The zero-order chi connectivity index (χ0) is 16.9. The number of hydrogen-bond donors (Lipinski definition) is 2. The third kappa shape index (κ3) is 5.04. The van der Waals surface area contributed by atoms with Gasteiger partial charge in [0, 0.05) is 26.1 Å². The summed E-state index contributed by atoms with van der Waals surface area (Å²) < 4.78 is 24.6. The summed E-state index contributed by atoms with van der Waals surface area (Å²) in [5.74, 6) is -1.03. The molecule has 0 atom stereocenters. The van der Waals surface area contributed by atoms with Gasteiger partial charge in [-0.2, -0.15) is 0 Å². The second kappa shape index (κ2) is 7.56. The Morgan fingerprint density at radius 1 is 1.30 bits per heavy atom. The van der Waals surface area contributed by atoms with E-state index in [4.69, 9.17) is 5.11 Å². The summed E-state index contributed by atoms with van der Waals surface area (Å²) in [4.78, 5) is 22.6. The van der Waals surface area contributed by atoms with Crippen molar-refractivity contribution >= 4 is 21.9 Å². The zero-order valence-corrected chi connectivity index (χ0v) is 13.5. The number of carbonyl (C=O) groups is 2. The van der Waals surface area contributed by atoms with Gasteiger partial charge in [0.1, 0.15) is 0 Å². The van der Waals surface area contributed by atoms with E-state index in [1.807, 2.05) is 0 Å². The minimum absolute atomic E-state index is 0.133. The molecule has 1 saturated heterocycles. The molecule has 0 unspecified atom stereocenters. The van der Waals surface area contributed by atoms with E-state index in [2.05, 4.69) is 5.32 Å². The number of benzene rings is 1. The third-order valence-corrected chi connectivity index (χ3v) is 5.66. The maximum atomic E-state index is 11.7. The van der Waals surface area contributed by atoms with Crippen LogP contribution in [-0.4, -0.2) is 55.1 Å². The van der Waals surface area contributed by atoms with Crippen LogP contribution in [0.5, 0.6) is 0 Å². The molecule has 0 spiro atoms. The highest BCUT2D eigenvalue weighted by Crippen LogP contribution is 2.13. The average molecular weight is 340 g/mol. The van der Waals surface area contributed by atoms with Crippen LogP contribution >= 0.6 is 0 Å². The molecule has 1 aliphatic heterocycles. The summed E-state index contributed by atoms with van der Waals surface area (Å²) in [5, 5.41) is 11.6. The highest BCUT2D eigenvalue weighted by molar-refractivity contribution is 7.89. The van der Waals surface area contributed by atoms with Gasteiger partial charge in [-0.1, -0.05) is 12.1 Å². The van der Waals surface area contributed by atoms with E-state index in [1.165, 1.54) is 10.4 Å². The van der Waals surface area contributed by atoms with Crippen molar-refractivity contribution in [2.45, 2.75) is 19.3 Å². The number of aromatic carboxylic acids is 1. The Morgan fingerprint density at radius 3 is 2.74 bits per heavy atom. The molecule has 0 radical (unpaired) electrons.